The van der Waals surface area contributed by atoms with Gasteiger partial charge in [-0.05, 0) is 61.3 Å². The van der Waals surface area contributed by atoms with Gasteiger partial charge in [-0.3, -0.25) is 9.36 Å². The van der Waals surface area contributed by atoms with Crippen LogP contribution in [0.5, 0.6) is 0 Å². The van der Waals surface area contributed by atoms with Crippen molar-refractivity contribution in [2.24, 2.45) is 0 Å². The van der Waals surface area contributed by atoms with Gasteiger partial charge in [0.15, 0.2) is 5.16 Å². The van der Waals surface area contributed by atoms with Crippen LogP contribution in [-0.2, 0) is 30.6 Å². The number of fused-ring (bicyclic) bond motifs is 1. The summed E-state index contributed by atoms with van der Waals surface area (Å²) in [5.41, 5.74) is 4.90. The number of carbonyl (C=O) groups excluding carboxylic acids is 1. The maximum atomic E-state index is 12.5. The number of carbonyl (C=O) groups is 1. The molecule has 7 heteroatoms. The van der Waals surface area contributed by atoms with E-state index >= 15 is 0 Å². The van der Waals surface area contributed by atoms with Crippen LogP contribution in [0.2, 0.25) is 0 Å². The van der Waals surface area contributed by atoms with Crippen molar-refractivity contribution in [3.05, 3.63) is 81.3 Å². The maximum absolute atomic E-state index is 12.5. The first-order valence-corrected chi connectivity index (χ1v) is 11.8. The van der Waals surface area contributed by atoms with Crippen LogP contribution in [0.25, 0.3) is 0 Å². The molecule has 1 aromatic heterocycles. The molecule has 31 heavy (non-hydrogen) atoms. The first-order chi connectivity index (χ1) is 15.1. The lowest BCUT2D eigenvalue weighted by atomic mass is 9.89. The van der Waals surface area contributed by atoms with Gasteiger partial charge in [0.05, 0.1) is 11.8 Å². The quantitative estimate of drug-likeness (QED) is 0.528. The number of nitrogens with one attached hydrogen (secondary N) is 2. The summed E-state index contributed by atoms with van der Waals surface area (Å²) in [6, 6.07) is 16.5. The average molecular weight is 437 g/mol. The second-order valence-electron chi connectivity index (χ2n) is 8.01. The van der Waals surface area contributed by atoms with E-state index < -0.39 is 0 Å². The predicted octanol–water partition coefficient (Wildman–Crippen LogP) is 3.66. The zero-order valence-electron chi connectivity index (χ0n) is 17.8. The molecule has 1 heterocycles. The summed E-state index contributed by atoms with van der Waals surface area (Å²) in [5, 5.41) is 10.2. The SMILES string of the molecule is C[C@@H](NC(=O)CSc1n[nH]c(=O)n1CCc1ccccc1)c1ccc2c(c1)CCCC2. The molecule has 0 aliphatic heterocycles. The zero-order valence-corrected chi connectivity index (χ0v) is 18.6. The van der Waals surface area contributed by atoms with Crippen LogP contribution in [-0.4, -0.2) is 26.4 Å². The molecule has 0 fully saturated rings. The minimum absolute atomic E-state index is 0.0558. The normalized spacial score (nSPS) is 14.1. The summed E-state index contributed by atoms with van der Waals surface area (Å²) >= 11 is 1.28. The standard InChI is InChI=1S/C24H28N4O2S/c1-17(20-12-11-19-9-5-6-10-21(19)15-20)25-22(29)16-31-24-27-26-23(30)28(24)14-13-18-7-3-2-4-8-18/h2-4,7-8,11-12,15,17H,5-6,9-10,13-14,16H2,1H3,(H,25,29)(H,26,30)/t17-/m1/s1. The Kier molecular flexibility index (Phi) is 6.92. The fraction of sp³-hybridized carbons (Fsp3) is 0.375. The molecular formula is C24H28N4O2S. The highest BCUT2D eigenvalue weighted by Gasteiger charge is 2.16. The number of aromatic nitrogens is 3. The number of aryl methyl sites for hydroxylation is 3. The Balaban J connectivity index is 1.32. The Hall–Kier alpha value is -2.80. The minimum Gasteiger partial charge on any atom is -0.349 e. The van der Waals surface area contributed by atoms with Crippen LogP contribution in [0.1, 0.15) is 48.1 Å². The van der Waals surface area contributed by atoms with Gasteiger partial charge in [-0.15, -0.1) is 5.10 Å². The van der Waals surface area contributed by atoms with Gasteiger partial charge < -0.3 is 5.32 Å². The Morgan fingerprint density at radius 2 is 1.94 bits per heavy atom. The summed E-state index contributed by atoms with van der Waals surface area (Å²) in [7, 11) is 0. The number of hydrogen-bond donors (Lipinski definition) is 2. The third-order valence-electron chi connectivity index (χ3n) is 5.77. The molecule has 2 aromatic carbocycles. The first-order valence-electron chi connectivity index (χ1n) is 10.8. The van der Waals surface area contributed by atoms with Crippen LogP contribution < -0.4 is 11.0 Å². The van der Waals surface area contributed by atoms with Crippen molar-refractivity contribution < 1.29 is 4.79 Å². The molecule has 0 unspecified atom stereocenters. The molecule has 0 spiro atoms. The molecule has 4 rings (SSSR count). The van der Waals surface area contributed by atoms with Gasteiger partial charge in [-0.25, -0.2) is 9.89 Å². The van der Waals surface area contributed by atoms with E-state index in [1.165, 1.54) is 35.7 Å². The second kappa shape index (κ2) is 10.0. The number of aromatic amines is 1. The van der Waals surface area contributed by atoms with Crippen LogP contribution in [0.3, 0.4) is 0 Å². The number of amides is 1. The Bertz CT molecular complexity index is 1090. The van der Waals surface area contributed by atoms with E-state index in [-0.39, 0.29) is 23.4 Å². The Morgan fingerprint density at radius 3 is 2.74 bits per heavy atom. The van der Waals surface area contributed by atoms with Gasteiger partial charge in [0.2, 0.25) is 5.91 Å². The van der Waals surface area contributed by atoms with Crippen molar-refractivity contribution in [1.82, 2.24) is 20.1 Å². The third-order valence-corrected chi connectivity index (χ3v) is 6.75. The highest BCUT2D eigenvalue weighted by atomic mass is 32.2. The summed E-state index contributed by atoms with van der Waals surface area (Å²) in [6.07, 6.45) is 5.51. The van der Waals surface area contributed by atoms with E-state index in [0.29, 0.717) is 11.7 Å². The number of hydrogen-bond acceptors (Lipinski definition) is 4. The van der Waals surface area contributed by atoms with Gasteiger partial charge in [0.25, 0.3) is 0 Å². The second-order valence-corrected chi connectivity index (χ2v) is 8.95. The molecular weight excluding hydrogens is 408 g/mol. The molecule has 6 nitrogen and oxygen atoms in total. The largest absolute Gasteiger partial charge is 0.349 e. The highest BCUT2D eigenvalue weighted by molar-refractivity contribution is 7.99. The molecule has 1 aliphatic carbocycles. The van der Waals surface area contributed by atoms with Gasteiger partial charge in [-0.1, -0.05) is 60.3 Å². The van der Waals surface area contributed by atoms with Gasteiger partial charge in [-0.2, -0.15) is 0 Å². The topological polar surface area (TPSA) is 79.8 Å². The van der Waals surface area contributed by atoms with E-state index in [1.54, 1.807) is 4.57 Å². The lowest BCUT2D eigenvalue weighted by Crippen LogP contribution is -2.28. The third kappa shape index (κ3) is 5.47. The smallest absolute Gasteiger partial charge is 0.343 e. The molecule has 0 bridgehead atoms. The van der Waals surface area contributed by atoms with Gasteiger partial charge in [0, 0.05) is 6.54 Å². The van der Waals surface area contributed by atoms with Crippen molar-refractivity contribution in [2.45, 2.75) is 56.8 Å². The summed E-state index contributed by atoms with van der Waals surface area (Å²) in [5.74, 6) is 0.144. The highest BCUT2D eigenvalue weighted by Crippen LogP contribution is 2.25. The van der Waals surface area contributed by atoms with E-state index in [2.05, 4.69) is 33.7 Å². The minimum atomic E-state index is -0.249. The number of thioether (sulfide) groups is 1. The van der Waals surface area contributed by atoms with Crippen molar-refractivity contribution in [1.29, 1.82) is 0 Å². The molecule has 3 aromatic rings. The number of H-pyrrole nitrogens is 1. The van der Waals surface area contributed by atoms with Crippen LogP contribution in [0, 0.1) is 0 Å². The lowest BCUT2D eigenvalue weighted by Gasteiger charge is -2.20. The molecule has 1 aliphatic rings. The average Bonchev–Trinajstić information content (AvgIpc) is 3.15. The van der Waals surface area contributed by atoms with E-state index in [9.17, 15) is 9.59 Å². The Morgan fingerprint density at radius 1 is 1.16 bits per heavy atom. The van der Waals surface area contributed by atoms with Gasteiger partial charge >= 0.3 is 5.69 Å². The monoisotopic (exact) mass is 436 g/mol. The molecule has 2 N–H and O–H groups in total. The number of benzene rings is 2. The molecule has 0 saturated carbocycles. The van der Waals surface area contributed by atoms with Crippen LogP contribution >= 0.6 is 11.8 Å². The van der Waals surface area contributed by atoms with Crippen molar-refractivity contribution in [3.63, 3.8) is 0 Å². The zero-order chi connectivity index (χ0) is 21.6. The van der Waals surface area contributed by atoms with Gasteiger partial charge in [0.1, 0.15) is 0 Å². The molecule has 1 amide bonds. The molecule has 162 valence electrons. The summed E-state index contributed by atoms with van der Waals surface area (Å²) in [4.78, 5) is 24.6. The van der Waals surface area contributed by atoms with E-state index in [4.69, 9.17) is 0 Å². The van der Waals surface area contributed by atoms with Crippen molar-refractivity contribution in [3.8, 4) is 0 Å². The summed E-state index contributed by atoms with van der Waals surface area (Å²) < 4.78 is 1.60. The fourth-order valence-corrected chi connectivity index (χ4v) is 4.80. The maximum Gasteiger partial charge on any atom is 0.343 e. The van der Waals surface area contributed by atoms with Crippen molar-refractivity contribution >= 4 is 17.7 Å². The van der Waals surface area contributed by atoms with Crippen LogP contribution in [0.15, 0.2) is 58.5 Å². The summed E-state index contributed by atoms with van der Waals surface area (Å²) in [6.45, 7) is 2.53. The Labute approximate surface area is 186 Å². The number of rotatable bonds is 8. The fourth-order valence-electron chi connectivity index (χ4n) is 4.02. The van der Waals surface area contributed by atoms with E-state index in [0.717, 1.165) is 30.4 Å². The lowest BCUT2D eigenvalue weighted by molar-refractivity contribution is -0.119. The molecule has 0 saturated heterocycles. The number of nitrogens with zero attached hydrogens (tertiary/aromatic N) is 2. The molecule has 1 atom stereocenters. The first kappa shape index (κ1) is 21.4. The van der Waals surface area contributed by atoms with Crippen molar-refractivity contribution in [2.75, 3.05) is 5.75 Å². The van der Waals surface area contributed by atoms with Crippen LogP contribution in [0.4, 0.5) is 0 Å². The predicted molar refractivity (Wildman–Crippen MR) is 123 cm³/mol. The molecule has 0 radical (unpaired) electrons. The van der Waals surface area contributed by atoms with E-state index in [1.807, 2.05) is 37.3 Å².